The number of rotatable bonds is 8. The molecule has 1 N–H and O–H groups in total. The highest BCUT2D eigenvalue weighted by molar-refractivity contribution is 5.85. The molecule has 0 bridgehead atoms. The molecule has 1 fully saturated rings. The minimum Gasteiger partial charge on any atom is -0.494 e. The van der Waals surface area contributed by atoms with Crippen LogP contribution in [0.1, 0.15) is 25.7 Å². The monoisotopic (exact) mass is 362 g/mol. The van der Waals surface area contributed by atoms with Gasteiger partial charge >= 0.3 is 5.97 Å². The zero-order valence-corrected chi connectivity index (χ0v) is 15.1. The van der Waals surface area contributed by atoms with E-state index in [-0.39, 0.29) is 24.9 Å². The van der Waals surface area contributed by atoms with Crippen LogP contribution in [-0.2, 0) is 14.4 Å². The lowest BCUT2D eigenvalue weighted by molar-refractivity contribution is -0.147. The van der Waals surface area contributed by atoms with E-state index in [1.54, 1.807) is 11.9 Å². The van der Waals surface area contributed by atoms with Gasteiger partial charge in [-0.15, -0.1) is 0 Å². The Labute approximate surface area is 153 Å². The number of hydrogen-bond acceptors (Lipinski definition) is 4. The van der Waals surface area contributed by atoms with E-state index in [9.17, 15) is 14.4 Å². The van der Waals surface area contributed by atoms with E-state index in [0.717, 1.165) is 5.75 Å². The van der Waals surface area contributed by atoms with Gasteiger partial charge in [0.15, 0.2) is 0 Å². The second kappa shape index (κ2) is 9.79. The Morgan fingerprint density at radius 2 is 2.00 bits per heavy atom. The van der Waals surface area contributed by atoms with Crippen molar-refractivity contribution in [3.63, 3.8) is 0 Å². The van der Waals surface area contributed by atoms with Gasteiger partial charge in [-0.1, -0.05) is 18.2 Å². The van der Waals surface area contributed by atoms with Gasteiger partial charge in [0, 0.05) is 26.6 Å². The standard InChI is InChI=1S/C19H26N2O5/c1-20(14-18(23)21-11-5-7-15(13-21)19(24)25)17(22)10-6-12-26-16-8-3-2-4-9-16/h2-4,8-9,15H,5-7,10-14H2,1H3,(H,24,25). The summed E-state index contributed by atoms with van der Waals surface area (Å²) in [5.74, 6) is -0.940. The molecule has 0 aliphatic carbocycles. The predicted octanol–water partition coefficient (Wildman–Crippen LogP) is 1.63. The van der Waals surface area contributed by atoms with E-state index in [0.29, 0.717) is 38.8 Å². The van der Waals surface area contributed by atoms with Gasteiger partial charge in [-0.25, -0.2) is 0 Å². The number of carbonyl (C=O) groups is 3. The number of para-hydroxylation sites is 1. The van der Waals surface area contributed by atoms with Crippen LogP contribution in [0.3, 0.4) is 0 Å². The molecule has 142 valence electrons. The van der Waals surface area contributed by atoms with Gasteiger partial charge in [0.2, 0.25) is 11.8 Å². The number of likely N-dealkylation sites (N-methyl/N-ethyl adjacent to an activating group) is 1. The van der Waals surface area contributed by atoms with Crippen LogP contribution in [0.15, 0.2) is 30.3 Å². The molecular formula is C19H26N2O5. The minimum absolute atomic E-state index is 0.0231. The highest BCUT2D eigenvalue weighted by Gasteiger charge is 2.28. The molecule has 7 heteroatoms. The quantitative estimate of drug-likeness (QED) is 0.710. The molecular weight excluding hydrogens is 336 g/mol. The summed E-state index contributed by atoms with van der Waals surface area (Å²) in [7, 11) is 1.59. The fourth-order valence-electron chi connectivity index (χ4n) is 2.92. The van der Waals surface area contributed by atoms with Crippen molar-refractivity contribution >= 4 is 17.8 Å². The Bertz CT molecular complexity index is 620. The average Bonchev–Trinajstić information content (AvgIpc) is 2.65. The lowest BCUT2D eigenvalue weighted by Gasteiger charge is -2.32. The van der Waals surface area contributed by atoms with Crippen molar-refractivity contribution in [3.05, 3.63) is 30.3 Å². The molecule has 1 aliphatic heterocycles. The third-order valence-corrected chi connectivity index (χ3v) is 4.47. The molecule has 0 spiro atoms. The number of likely N-dealkylation sites (tertiary alicyclic amines) is 1. The lowest BCUT2D eigenvalue weighted by Crippen LogP contribution is -2.46. The van der Waals surface area contributed by atoms with Gasteiger partial charge in [-0.3, -0.25) is 14.4 Å². The van der Waals surface area contributed by atoms with E-state index in [1.807, 2.05) is 30.3 Å². The molecule has 1 heterocycles. The van der Waals surface area contributed by atoms with Crippen LogP contribution in [-0.4, -0.2) is 66.0 Å². The molecule has 1 atom stereocenters. The van der Waals surface area contributed by atoms with Crippen molar-refractivity contribution in [1.29, 1.82) is 0 Å². The van der Waals surface area contributed by atoms with Crippen molar-refractivity contribution in [1.82, 2.24) is 9.80 Å². The first-order chi connectivity index (χ1) is 12.5. The van der Waals surface area contributed by atoms with E-state index < -0.39 is 11.9 Å². The van der Waals surface area contributed by atoms with Crippen LogP contribution in [0.5, 0.6) is 5.75 Å². The number of benzene rings is 1. The van der Waals surface area contributed by atoms with Crippen molar-refractivity contribution in [2.24, 2.45) is 5.92 Å². The number of ether oxygens (including phenoxy) is 1. The predicted molar refractivity (Wildman–Crippen MR) is 95.7 cm³/mol. The molecule has 1 unspecified atom stereocenters. The first kappa shape index (κ1) is 19.8. The maximum Gasteiger partial charge on any atom is 0.308 e. The Morgan fingerprint density at radius 3 is 2.69 bits per heavy atom. The SMILES string of the molecule is CN(CC(=O)N1CCCC(C(=O)O)C1)C(=O)CCCOc1ccccc1. The molecule has 1 aromatic rings. The smallest absolute Gasteiger partial charge is 0.308 e. The van der Waals surface area contributed by atoms with Gasteiger partial charge < -0.3 is 19.6 Å². The third-order valence-electron chi connectivity index (χ3n) is 4.47. The molecule has 2 amide bonds. The number of aliphatic carboxylic acids is 1. The highest BCUT2D eigenvalue weighted by Crippen LogP contribution is 2.17. The first-order valence-corrected chi connectivity index (χ1v) is 8.89. The van der Waals surface area contributed by atoms with Gasteiger partial charge in [-0.05, 0) is 31.4 Å². The van der Waals surface area contributed by atoms with Crippen LogP contribution < -0.4 is 4.74 Å². The van der Waals surface area contributed by atoms with Crippen LogP contribution >= 0.6 is 0 Å². The number of hydrogen-bond donors (Lipinski definition) is 1. The second-order valence-electron chi connectivity index (χ2n) is 6.53. The summed E-state index contributed by atoms with van der Waals surface area (Å²) >= 11 is 0. The molecule has 1 aliphatic rings. The number of amides is 2. The van der Waals surface area contributed by atoms with E-state index >= 15 is 0 Å². The normalized spacial score (nSPS) is 16.8. The summed E-state index contributed by atoms with van der Waals surface area (Å²) in [6.07, 6.45) is 2.14. The van der Waals surface area contributed by atoms with Gasteiger partial charge in [0.1, 0.15) is 5.75 Å². The van der Waals surface area contributed by atoms with Crippen molar-refractivity contribution in [3.8, 4) is 5.75 Å². The molecule has 0 radical (unpaired) electrons. The van der Waals surface area contributed by atoms with Gasteiger partial charge in [0.05, 0.1) is 19.1 Å². The number of nitrogens with zero attached hydrogens (tertiary/aromatic N) is 2. The van der Waals surface area contributed by atoms with E-state index in [4.69, 9.17) is 9.84 Å². The Hall–Kier alpha value is -2.57. The Balaban J connectivity index is 1.69. The topological polar surface area (TPSA) is 87.2 Å². The molecule has 26 heavy (non-hydrogen) atoms. The summed E-state index contributed by atoms with van der Waals surface area (Å²) in [5.41, 5.74) is 0. The number of carboxylic acids is 1. The summed E-state index contributed by atoms with van der Waals surface area (Å²) in [4.78, 5) is 38.5. The zero-order chi connectivity index (χ0) is 18.9. The van der Waals surface area contributed by atoms with Crippen molar-refractivity contribution < 1.29 is 24.2 Å². The largest absolute Gasteiger partial charge is 0.494 e. The summed E-state index contributed by atoms with van der Waals surface area (Å²) in [6, 6.07) is 9.39. The summed E-state index contributed by atoms with van der Waals surface area (Å²) in [6.45, 7) is 1.19. The van der Waals surface area contributed by atoms with E-state index in [1.165, 1.54) is 4.90 Å². The second-order valence-corrected chi connectivity index (χ2v) is 6.53. The first-order valence-electron chi connectivity index (χ1n) is 8.89. The Kier molecular flexibility index (Phi) is 7.44. The number of carboxylic acid groups (broad SMARTS) is 1. The lowest BCUT2D eigenvalue weighted by atomic mass is 9.98. The van der Waals surface area contributed by atoms with E-state index in [2.05, 4.69) is 0 Å². The number of carbonyl (C=O) groups excluding carboxylic acids is 2. The third kappa shape index (κ3) is 6.06. The van der Waals surface area contributed by atoms with Crippen LogP contribution in [0, 0.1) is 5.92 Å². The molecule has 1 saturated heterocycles. The Morgan fingerprint density at radius 1 is 1.27 bits per heavy atom. The van der Waals surface area contributed by atoms with Crippen molar-refractivity contribution in [2.75, 3.05) is 33.3 Å². The maximum atomic E-state index is 12.3. The van der Waals surface area contributed by atoms with Crippen LogP contribution in [0.2, 0.25) is 0 Å². The van der Waals surface area contributed by atoms with Crippen molar-refractivity contribution in [2.45, 2.75) is 25.7 Å². The molecule has 0 saturated carbocycles. The fourth-order valence-corrected chi connectivity index (χ4v) is 2.92. The molecule has 7 nitrogen and oxygen atoms in total. The fraction of sp³-hybridized carbons (Fsp3) is 0.526. The molecule has 0 aromatic heterocycles. The molecule has 2 rings (SSSR count). The van der Waals surface area contributed by atoms with Gasteiger partial charge in [0.25, 0.3) is 0 Å². The number of piperidine rings is 1. The maximum absolute atomic E-state index is 12.3. The zero-order valence-electron chi connectivity index (χ0n) is 15.1. The van der Waals surface area contributed by atoms with Crippen LogP contribution in [0.4, 0.5) is 0 Å². The van der Waals surface area contributed by atoms with Gasteiger partial charge in [-0.2, -0.15) is 0 Å². The summed E-state index contributed by atoms with van der Waals surface area (Å²) < 4.78 is 5.55. The average molecular weight is 362 g/mol. The highest BCUT2D eigenvalue weighted by atomic mass is 16.5. The minimum atomic E-state index is -0.870. The summed E-state index contributed by atoms with van der Waals surface area (Å²) in [5, 5.41) is 9.10. The molecule has 1 aromatic carbocycles. The van der Waals surface area contributed by atoms with Crippen LogP contribution in [0.25, 0.3) is 0 Å².